The smallest absolute Gasteiger partial charge is 0.138 e. The number of aliphatic hydroxyl groups excluding tert-OH is 1. The Bertz CT molecular complexity index is 734. The second kappa shape index (κ2) is 5.31. The summed E-state index contributed by atoms with van der Waals surface area (Å²) >= 11 is 1.64. The third-order valence-electron chi connectivity index (χ3n) is 3.20. The van der Waals surface area contributed by atoms with Crippen LogP contribution >= 0.6 is 11.8 Å². The van der Waals surface area contributed by atoms with Gasteiger partial charge in [-0.05, 0) is 48.2 Å². The molecule has 0 saturated heterocycles. The van der Waals surface area contributed by atoms with E-state index in [2.05, 4.69) is 0 Å². The van der Waals surface area contributed by atoms with Gasteiger partial charge in [-0.15, -0.1) is 11.8 Å². The Kier molecular flexibility index (Phi) is 3.51. The minimum Gasteiger partial charge on any atom is -0.458 e. The van der Waals surface area contributed by atoms with Crippen molar-refractivity contribution < 1.29 is 13.9 Å². The second-order valence-electron chi connectivity index (χ2n) is 4.51. The lowest BCUT2D eigenvalue weighted by Crippen LogP contribution is -1.97. The number of aliphatic hydroxyl groups is 1. The molecule has 1 atom stereocenters. The van der Waals surface area contributed by atoms with Crippen LogP contribution in [-0.4, -0.2) is 11.4 Å². The minimum absolute atomic E-state index is 0.316. The maximum atomic E-state index is 13.1. The van der Waals surface area contributed by atoms with E-state index in [4.69, 9.17) is 4.42 Å². The van der Waals surface area contributed by atoms with Gasteiger partial charge in [0.05, 0.1) is 0 Å². The van der Waals surface area contributed by atoms with E-state index in [1.165, 1.54) is 12.1 Å². The van der Waals surface area contributed by atoms with Gasteiger partial charge < -0.3 is 9.52 Å². The van der Waals surface area contributed by atoms with Crippen LogP contribution in [0.4, 0.5) is 4.39 Å². The Labute approximate surface area is 120 Å². The molecule has 1 unspecified atom stereocenters. The van der Waals surface area contributed by atoms with E-state index in [0.717, 1.165) is 10.5 Å². The second-order valence-corrected chi connectivity index (χ2v) is 5.39. The molecule has 0 radical (unpaired) electrons. The van der Waals surface area contributed by atoms with Crippen molar-refractivity contribution in [3.05, 3.63) is 65.7 Å². The molecule has 0 bridgehead atoms. The molecule has 0 saturated carbocycles. The van der Waals surface area contributed by atoms with Gasteiger partial charge in [0.2, 0.25) is 0 Å². The summed E-state index contributed by atoms with van der Waals surface area (Å²) < 4.78 is 18.7. The molecule has 0 aliphatic carbocycles. The van der Waals surface area contributed by atoms with Crippen LogP contribution in [0.3, 0.4) is 0 Å². The van der Waals surface area contributed by atoms with Crippen LogP contribution in [0.1, 0.15) is 17.4 Å². The highest BCUT2D eigenvalue weighted by molar-refractivity contribution is 7.98. The number of furan rings is 1. The predicted octanol–water partition coefficient (Wildman–Crippen LogP) is 4.38. The zero-order valence-corrected chi connectivity index (χ0v) is 11.7. The van der Waals surface area contributed by atoms with Gasteiger partial charge in [0.25, 0.3) is 0 Å². The van der Waals surface area contributed by atoms with Gasteiger partial charge in [-0.2, -0.15) is 0 Å². The lowest BCUT2D eigenvalue weighted by Gasteiger charge is -2.08. The summed E-state index contributed by atoms with van der Waals surface area (Å²) in [4.78, 5) is 1.13. The molecule has 102 valence electrons. The van der Waals surface area contributed by atoms with E-state index >= 15 is 0 Å². The van der Waals surface area contributed by atoms with Crippen LogP contribution in [-0.2, 0) is 0 Å². The number of hydrogen-bond donors (Lipinski definition) is 1. The molecule has 0 fully saturated rings. The quantitative estimate of drug-likeness (QED) is 0.726. The van der Waals surface area contributed by atoms with E-state index in [-0.39, 0.29) is 5.82 Å². The number of rotatable bonds is 3. The van der Waals surface area contributed by atoms with Crippen molar-refractivity contribution in [1.29, 1.82) is 0 Å². The molecule has 0 aliphatic rings. The Morgan fingerprint density at radius 3 is 2.55 bits per heavy atom. The first-order valence-electron chi connectivity index (χ1n) is 6.18. The number of benzene rings is 2. The van der Waals surface area contributed by atoms with Crippen molar-refractivity contribution in [3.63, 3.8) is 0 Å². The normalized spacial score (nSPS) is 12.8. The Morgan fingerprint density at radius 2 is 1.85 bits per heavy atom. The highest BCUT2D eigenvalue weighted by Gasteiger charge is 2.15. The molecule has 1 aromatic heterocycles. The number of thioether (sulfide) groups is 1. The van der Waals surface area contributed by atoms with E-state index in [9.17, 15) is 9.50 Å². The number of fused-ring (bicyclic) bond motifs is 1. The van der Waals surface area contributed by atoms with Gasteiger partial charge in [0.1, 0.15) is 23.3 Å². The molecule has 1 N–H and O–H groups in total. The molecule has 0 amide bonds. The fraction of sp³-hybridized carbons (Fsp3) is 0.125. The molecule has 0 aliphatic heterocycles. The Hall–Kier alpha value is -1.78. The maximum Gasteiger partial charge on any atom is 0.138 e. The van der Waals surface area contributed by atoms with Crippen LogP contribution < -0.4 is 0 Å². The maximum absolute atomic E-state index is 13.1. The minimum atomic E-state index is -0.846. The molecular weight excluding hydrogens is 275 g/mol. The first-order valence-corrected chi connectivity index (χ1v) is 7.41. The zero-order chi connectivity index (χ0) is 14.1. The van der Waals surface area contributed by atoms with Gasteiger partial charge in [0, 0.05) is 10.3 Å². The van der Waals surface area contributed by atoms with Gasteiger partial charge in [-0.25, -0.2) is 4.39 Å². The van der Waals surface area contributed by atoms with Crippen molar-refractivity contribution in [2.45, 2.75) is 11.0 Å². The number of hydrogen-bond acceptors (Lipinski definition) is 3. The summed E-state index contributed by atoms with van der Waals surface area (Å²) in [5.74, 6) is 0.103. The fourth-order valence-corrected chi connectivity index (χ4v) is 2.53. The van der Waals surface area contributed by atoms with Crippen LogP contribution in [0.25, 0.3) is 11.0 Å². The molecule has 3 aromatic rings. The van der Waals surface area contributed by atoms with E-state index in [1.807, 2.05) is 30.5 Å². The van der Waals surface area contributed by atoms with Gasteiger partial charge in [-0.1, -0.05) is 12.1 Å². The third kappa shape index (κ3) is 2.44. The van der Waals surface area contributed by atoms with Crippen LogP contribution in [0.2, 0.25) is 0 Å². The lowest BCUT2D eigenvalue weighted by atomic mass is 10.1. The topological polar surface area (TPSA) is 33.4 Å². The third-order valence-corrected chi connectivity index (χ3v) is 3.94. The van der Waals surface area contributed by atoms with Crippen molar-refractivity contribution in [2.24, 2.45) is 0 Å². The zero-order valence-electron chi connectivity index (χ0n) is 10.8. The molecule has 2 nitrogen and oxygen atoms in total. The molecule has 3 rings (SSSR count). The highest BCUT2D eigenvalue weighted by atomic mass is 32.2. The molecular formula is C16H13FO2S. The van der Waals surface area contributed by atoms with Crippen LogP contribution in [0.15, 0.2) is 57.8 Å². The molecule has 2 aromatic carbocycles. The molecule has 1 heterocycles. The molecule has 0 spiro atoms. The van der Waals surface area contributed by atoms with Gasteiger partial charge >= 0.3 is 0 Å². The fourth-order valence-electron chi connectivity index (χ4n) is 2.12. The van der Waals surface area contributed by atoms with Crippen molar-refractivity contribution >= 4 is 22.7 Å². The summed E-state index contributed by atoms with van der Waals surface area (Å²) in [7, 11) is 0. The van der Waals surface area contributed by atoms with E-state index in [0.29, 0.717) is 16.7 Å². The van der Waals surface area contributed by atoms with Crippen LogP contribution in [0, 0.1) is 5.82 Å². The summed E-state index contributed by atoms with van der Waals surface area (Å²) in [6.07, 6.45) is 1.15. The Balaban J connectivity index is 1.96. The van der Waals surface area contributed by atoms with Crippen molar-refractivity contribution in [2.75, 3.05) is 6.26 Å². The van der Waals surface area contributed by atoms with Crippen molar-refractivity contribution in [3.8, 4) is 0 Å². The average Bonchev–Trinajstić information content (AvgIpc) is 2.89. The first-order chi connectivity index (χ1) is 9.67. The monoisotopic (exact) mass is 288 g/mol. The molecule has 4 heteroatoms. The SMILES string of the molecule is CSc1ccc(C(O)c2cc3cc(F)ccc3o2)cc1. The lowest BCUT2D eigenvalue weighted by molar-refractivity contribution is 0.192. The van der Waals surface area contributed by atoms with E-state index in [1.54, 1.807) is 23.9 Å². The van der Waals surface area contributed by atoms with E-state index < -0.39 is 6.10 Å². The first kappa shape index (κ1) is 13.2. The average molecular weight is 288 g/mol. The summed E-state index contributed by atoms with van der Waals surface area (Å²) in [5, 5.41) is 11.0. The predicted molar refractivity (Wildman–Crippen MR) is 78.5 cm³/mol. The standard InChI is InChI=1S/C16H13FO2S/c1-20-13-5-2-10(3-6-13)16(18)15-9-11-8-12(17)4-7-14(11)19-15/h2-9,16,18H,1H3. The van der Waals surface area contributed by atoms with Gasteiger partial charge in [-0.3, -0.25) is 0 Å². The summed E-state index contributed by atoms with van der Waals surface area (Å²) in [6, 6.07) is 13.6. The molecule has 20 heavy (non-hydrogen) atoms. The number of halogens is 1. The van der Waals surface area contributed by atoms with Crippen molar-refractivity contribution in [1.82, 2.24) is 0 Å². The Morgan fingerprint density at radius 1 is 1.10 bits per heavy atom. The van der Waals surface area contributed by atoms with Gasteiger partial charge in [0.15, 0.2) is 0 Å². The highest BCUT2D eigenvalue weighted by Crippen LogP contribution is 2.29. The summed E-state index contributed by atoms with van der Waals surface area (Å²) in [5.41, 5.74) is 1.32. The van der Waals surface area contributed by atoms with Crippen LogP contribution in [0.5, 0.6) is 0 Å². The largest absolute Gasteiger partial charge is 0.458 e. The summed E-state index contributed by atoms with van der Waals surface area (Å²) in [6.45, 7) is 0.